The van der Waals surface area contributed by atoms with E-state index in [2.05, 4.69) is 37.0 Å². The molecule has 0 radical (unpaired) electrons. The molecule has 0 fully saturated rings. The lowest BCUT2D eigenvalue weighted by Gasteiger charge is -2.16. The first-order valence-corrected chi connectivity index (χ1v) is 11.1. The number of imidazole rings is 1. The van der Waals surface area contributed by atoms with E-state index in [1.807, 2.05) is 43.5 Å². The SMILES string of the molecule is CC(Nc1cc(-c2cncn2Cc2ccccc2)ccn1)c1cc2cc(Cl)c(F)cc2[nH]c1=O. The Hall–Kier alpha value is -3.97. The van der Waals surface area contributed by atoms with Crippen LogP contribution in [0.5, 0.6) is 0 Å². The van der Waals surface area contributed by atoms with Gasteiger partial charge in [0.15, 0.2) is 0 Å². The van der Waals surface area contributed by atoms with Crippen molar-refractivity contribution >= 4 is 28.3 Å². The first-order chi connectivity index (χ1) is 16.5. The molecular weight excluding hydrogens is 453 g/mol. The normalized spacial score (nSPS) is 12.1. The lowest BCUT2D eigenvalue weighted by molar-refractivity contribution is 0.629. The molecule has 0 saturated carbocycles. The summed E-state index contributed by atoms with van der Waals surface area (Å²) in [5, 5.41) is 3.95. The highest BCUT2D eigenvalue weighted by molar-refractivity contribution is 6.31. The molecule has 3 heterocycles. The van der Waals surface area contributed by atoms with Gasteiger partial charge in [0, 0.05) is 29.3 Å². The molecule has 8 heteroatoms. The number of aromatic nitrogens is 4. The van der Waals surface area contributed by atoms with Gasteiger partial charge in [-0.3, -0.25) is 4.79 Å². The molecule has 0 aliphatic carbocycles. The van der Waals surface area contributed by atoms with Crippen molar-refractivity contribution in [3.63, 3.8) is 0 Å². The third-order valence-electron chi connectivity index (χ3n) is 5.71. The lowest BCUT2D eigenvalue weighted by atomic mass is 10.1. The van der Waals surface area contributed by atoms with Crippen LogP contribution in [0.4, 0.5) is 10.2 Å². The van der Waals surface area contributed by atoms with Gasteiger partial charge in [-0.1, -0.05) is 41.9 Å². The van der Waals surface area contributed by atoms with Crippen molar-refractivity contribution in [3.8, 4) is 11.3 Å². The number of halogens is 2. The summed E-state index contributed by atoms with van der Waals surface area (Å²) in [6.45, 7) is 2.57. The molecule has 5 rings (SSSR count). The molecule has 170 valence electrons. The monoisotopic (exact) mass is 473 g/mol. The average Bonchev–Trinajstić information content (AvgIpc) is 3.29. The molecule has 2 aromatic carbocycles. The van der Waals surface area contributed by atoms with Crippen molar-refractivity contribution in [1.29, 1.82) is 0 Å². The smallest absolute Gasteiger partial charge is 0.253 e. The Morgan fingerprint density at radius 1 is 1.15 bits per heavy atom. The quantitative estimate of drug-likeness (QED) is 0.327. The second-order valence-electron chi connectivity index (χ2n) is 8.10. The summed E-state index contributed by atoms with van der Waals surface area (Å²) in [6, 6.07) is 18.1. The maximum absolute atomic E-state index is 13.8. The molecule has 0 spiro atoms. The zero-order valence-corrected chi connectivity index (χ0v) is 19.1. The fraction of sp³-hybridized carbons (Fsp3) is 0.115. The molecule has 1 unspecified atom stereocenters. The highest BCUT2D eigenvalue weighted by atomic mass is 35.5. The second kappa shape index (κ2) is 9.11. The summed E-state index contributed by atoms with van der Waals surface area (Å²) >= 11 is 5.92. The van der Waals surface area contributed by atoms with Gasteiger partial charge in [-0.05, 0) is 42.8 Å². The van der Waals surface area contributed by atoms with Gasteiger partial charge in [0.1, 0.15) is 11.6 Å². The number of rotatable bonds is 6. The standard InChI is InChI=1S/C26H21ClFN5O/c1-16(20-9-19-10-21(27)22(28)12-23(19)32-26(20)34)31-25-11-18(7-8-30-25)24-13-29-15-33(24)14-17-5-3-2-4-6-17/h2-13,15-16H,14H2,1H3,(H,30,31)(H,32,34). The van der Waals surface area contributed by atoms with Crippen LogP contribution in [-0.2, 0) is 6.54 Å². The van der Waals surface area contributed by atoms with Crippen LogP contribution in [0.1, 0.15) is 24.1 Å². The number of hydrogen-bond acceptors (Lipinski definition) is 4. The van der Waals surface area contributed by atoms with Crippen LogP contribution in [0.2, 0.25) is 5.02 Å². The number of aromatic amines is 1. The molecule has 34 heavy (non-hydrogen) atoms. The molecule has 3 aromatic heterocycles. The van der Waals surface area contributed by atoms with Gasteiger partial charge in [-0.15, -0.1) is 0 Å². The maximum Gasteiger partial charge on any atom is 0.253 e. The van der Waals surface area contributed by atoms with E-state index < -0.39 is 5.82 Å². The predicted octanol–water partition coefficient (Wildman–Crippen LogP) is 5.80. The third kappa shape index (κ3) is 4.43. The van der Waals surface area contributed by atoms with E-state index in [0.717, 1.165) is 11.3 Å². The molecule has 0 aliphatic heterocycles. The van der Waals surface area contributed by atoms with Gasteiger partial charge < -0.3 is 14.9 Å². The van der Waals surface area contributed by atoms with Gasteiger partial charge in [0.25, 0.3) is 5.56 Å². The molecule has 5 aromatic rings. The average molecular weight is 474 g/mol. The zero-order chi connectivity index (χ0) is 23.7. The van der Waals surface area contributed by atoms with Crippen LogP contribution in [0.3, 0.4) is 0 Å². The fourth-order valence-corrected chi connectivity index (χ4v) is 4.15. The van der Waals surface area contributed by atoms with Gasteiger partial charge in [-0.2, -0.15) is 0 Å². The maximum atomic E-state index is 13.8. The van der Waals surface area contributed by atoms with E-state index >= 15 is 0 Å². The molecule has 0 saturated heterocycles. The molecule has 0 bridgehead atoms. The Labute approximate surface area is 200 Å². The topological polar surface area (TPSA) is 75.6 Å². The van der Waals surface area contributed by atoms with E-state index in [-0.39, 0.29) is 16.6 Å². The molecule has 6 nitrogen and oxygen atoms in total. The van der Waals surface area contributed by atoms with Crippen LogP contribution < -0.4 is 10.9 Å². The minimum Gasteiger partial charge on any atom is -0.363 e. The highest BCUT2D eigenvalue weighted by Crippen LogP contribution is 2.26. The summed E-state index contributed by atoms with van der Waals surface area (Å²) in [4.78, 5) is 24.1. The second-order valence-corrected chi connectivity index (χ2v) is 8.50. The summed E-state index contributed by atoms with van der Waals surface area (Å²) < 4.78 is 15.8. The van der Waals surface area contributed by atoms with Gasteiger partial charge in [0.2, 0.25) is 0 Å². The van der Waals surface area contributed by atoms with Gasteiger partial charge >= 0.3 is 0 Å². The van der Waals surface area contributed by atoms with Crippen LogP contribution in [0.25, 0.3) is 22.2 Å². The van der Waals surface area contributed by atoms with E-state index in [1.54, 1.807) is 18.6 Å². The molecule has 0 amide bonds. The van der Waals surface area contributed by atoms with E-state index in [9.17, 15) is 9.18 Å². The van der Waals surface area contributed by atoms with Crippen LogP contribution in [-0.4, -0.2) is 19.5 Å². The number of fused-ring (bicyclic) bond motifs is 1. The van der Waals surface area contributed by atoms with Crippen molar-refractivity contribution in [1.82, 2.24) is 19.5 Å². The van der Waals surface area contributed by atoms with E-state index in [0.29, 0.717) is 28.8 Å². The number of nitrogens with one attached hydrogen (secondary N) is 2. The predicted molar refractivity (Wildman–Crippen MR) is 133 cm³/mol. The Bertz CT molecular complexity index is 1530. The Morgan fingerprint density at radius 2 is 1.97 bits per heavy atom. The summed E-state index contributed by atoms with van der Waals surface area (Å²) in [7, 11) is 0. The van der Waals surface area contributed by atoms with E-state index in [4.69, 9.17) is 11.6 Å². The first kappa shape index (κ1) is 21.9. The number of nitrogens with zero attached hydrogens (tertiary/aromatic N) is 3. The number of hydrogen-bond donors (Lipinski definition) is 2. The number of pyridine rings is 2. The number of anilines is 1. The Morgan fingerprint density at radius 3 is 2.79 bits per heavy atom. The van der Waals surface area contributed by atoms with Gasteiger partial charge in [-0.25, -0.2) is 14.4 Å². The molecule has 0 aliphatic rings. The molecular formula is C26H21ClFN5O. The Kier molecular flexibility index (Phi) is 5.86. The van der Waals surface area contributed by atoms with Crippen LogP contribution in [0.15, 0.2) is 84.2 Å². The van der Waals surface area contributed by atoms with Crippen LogP contribution in [0, 0.1) is 5.82 Å². The minimum absolute atomic E-state index is 0.00703. The largest absolute Gasteiger partial charge is 0.363 e. The van der Waals surface area contributed by atoms with Crippen molar-refractivity contribution in [2.75, 3.05) is 5.32 Å². The Balaban J connectivity index is 1.41. The lowest BCUT2D eigenvalue weighted by Crippen LogP contribution is -2.19. The first-order valence-electron chi connectivity index (χ1n) is 10.8. The van der Waals surface area contributed by atoms with Crippen LogP contribution >= 0.6 is 11.6 Å². The van der Waals surface area contributed by atoms with Crippen molar-refractivity contribution in [3.05, 3.63) is 112 Å². The number of benzene rings is 2. The molecule has 1 atom stereocenters. The fourth-order valence-electron chi connectivity index (χ4n) is 3.97. The minimum atomic E-state index is -0.573. The van der Waals surface area contributed by atoms with E-state index in [1.165, 1.54) is 17.7 Å². The van der Waals surface area contributed by atoms with Gasteiger partial charge in [0.05, 0.1) is 34.8 Å². The molecule has 2 N–H and O–H groups in total. The zero-order valence-electron chi connectivity index (χ0n) is 18.3. The van der Waals surface area contributed by atoms with Crippen molar-refractivity contribution < 1.29 is 4.39 Å². The highest BCUT2D eigenvalue weighted by Gasteiger charge is 2.14. The number of H-pyrrole nitrogens is 1. The van der Waals surface area contributed by atoms with Crippen molar-refractivity contribution in [2.45, 2.75) is 19.5 Å². The van der Waals surface area contributed by atoms with Crippen molar-refractivity contribution in [2.24, 2.45) is 0 Å². The summed E-state index contributed by atoms with van der Waals surface area (Å²) in [5.41, 5.74) is 3.69. The third-order valence-corrected chi connectivity index (χ3v) is 6.00. The summed E-state index contributed by atoms with van der Waals surface area (Å²) in [5.74, 6) is 0.0466. The summed E-state index contributed by atoms with van der Waals surface area (Å²) in [6.07, 6.45) is 5.35.